The highest BCUT2D eigenvalue weighted by molar-refractivity contribution is 5.47. The molecular formula is C10H14N2O. The molecule has 1 aliphatic carbocycles. The molecule has 0 spiro atoms. The number of rotatable bonds is 3. The van der Waals surface area contributed by atoms with E-state index in [0.29, 0.717) is 12.6 Å². The molecule has 0 aliphatic heterocycles. The van der Waals surface area contributed by atoms with Crippen LogP contribution in [0.2, 0.25) is 0 Å². The zero-order chi connectivity index (χ0) is 9.26. The van der Waals surface area contributed by atoms with E-state index in [2.05, 4.69) is 0 Å². The average Bonchev–Trinajstić information content (AvgIpc) is 2.92. The second-order valence-corrected chi connectivity index (χ2v) is 3.39. The quantitative estimate of drug-likeness (QED) is 0.685. The Balaban J connectivity index is 2.21. The van der Waals surface area contributed by atoms with E-state index in [1.807, 2.05) is 18.2 Å². The first kappa shape index (κ1) is 8.38. The summed E-state index contributed by atoms with van der Waals surface area (Å²) in [5.41, 5.74) is 13.0. The Bertz CT molecular complexity index is 308. The van der Waals surface area contributed by atoms with Gasteiger partial charge in [0.05, 0.1) is 6.10 Å². The number of nitrogen functional groups attached to an aromatic ring is 1. The van der Waals surface area contributed by atoms with Crippen molar-refractivity contribution in [1.29, 1.82) is 0 Å². The number of benzene rings is 1. The first-order chi connectivity index (χ1) is 6.29. The molecule has 0 atom stereocenters. The standard InChI is InChI=1S/C10H14N2O/c11-6-7-5-8(12)1-4-10(7)13-9-2-3-9/h1,4-5,9H,2-3,6,11-12H2. The van der Waals surface area contributed by atoms with Crippen molar-refractivity contribution in [2.45, 2.75) is 25.5 Å². The summed E-state index contributed by atoms with van der Waals surface area (Å²) in [6.45, 7) is 0.479. The number of nitrogens with two attached hydrogens (primary N) is 2. The molecule has 0 saturated heterocycles. The first-order valence-corrected chi connectivity index (χ1v) is 4.54. The fourth-order valence-corrected chi connectivity index (χ4v) is 1.24. The summed E-state index contributed by atoms with van der Waals surface area (Å²) in [6.07, 6.45) is 2.73. The van der Waals surface area contributed by atoms with Gasteiger partial charge in [0.1, 0.15) is 5.75 Å². The second-order valence-electron chi connectivity index (χ2n) is 3.39. The molecule has 0 heterocycles. The van der Waals surface area contributed by atoms with Crippen molar-refractivity contribution in [2.75, 3.05) is 5.73 Å². The molecule has 4 N–H and O–H groups in total. The fraction of sp³-hybridized carbons (Fsp3) is 0.400. The number of ether oxygens (including phenoxy) is 1. The van der Waals surface area contributed by atoms with Crippen molar-refractivity contribution >= 4 is 5.69 Å². The lowest BCUT2D eigenvalue weighted by atomic mass is 10.2. The highest BCUT2D eigenvalue weighted by atomic mass is 16.5. The molecule has 0 amide bonds. The minimum atomic E-state index is 0.411. The summed E-state index contributed by atoms with van der Waals surface area (Å²) in [7, 11) is 0. The lowest BCUT2D eigenvalue weighted by Gasteiger charge is -2.09. The van der Waals surface area contributed by atoms with Crippen LogP contribution in [-0.4, -0.2) is 6.10 Å². The van der Waals surface area contributed by atoms with E-state index in [1.54, 1.807) is 0 Å². The summed E-state index contributed by atoms with van der Waals surface area (Å²) in [5.74, 6) is 0.888. The van der Waals surface area contributed by atoms with Gasteiger partial charge in [0.15, 0.2) is 0 Å². The number of anilines is 1. The molecule has 1 fully saturated rings. The third-order valence-electron chi connectivity index (χ3n) is 2.12. The van der Waals surface area contributed by atoms with Gasteiger partial charge < -0.3 is 16.2 Å². The number of hydrogen-bond donors (Lipinski definition) is 2. The van der Waals surface area contributed by atoms with Crippen LogP contribution >= 0.6 is 0 Å². The molecule has 1 saturated carbocycles. The van der Waals surface area contributed by atoms with Crippen LogP contribution < -0.4 is 16.2 Å². The van der Waals surface area contributed by atoms with Gasteiger partial charge in [-0.1, -0.05) is 0 Å². The summed E-state index contributed by atoms with van der Waals surface area (Å²) in [4.78, 5) is 0. The minimum absolute atomic E-state index is 0.411. The van der Waals surface area contributed by atoms with Crippen LogP contribution in [0.4, 0.5) is 5.69 Å². The van der Waals surface area contributed by atoms with Crippen molar-refractivity contribution in [3.63, 3.8) is 0 Å². The predicted molar refractivity (Wildman–Crippen MR) is 52.4 cm³/mol. The van der Waals surface area contributed by atoms with Crippen LogP contribution in [-0.2, 0) is 6.54 Å². The lowest BCUT2D eigenvalue weighted by Crippen LogP contribution is -2.04. The molecule has 1 aromatic rings. The highest BCUT2D eigenvalue weighted by Crippen LogP contribution is 2.29. The molecule has 0 aromatic heterocycles. The molecule has 3 heteroatoms. The van der Waals surface area contributed by atoms with E-state index in [4.69, 9.17) is 16.2 Å². The Morgan fingerprint density at radius 2 is 2.15 bits per heavy atom. The highest BCUT2D eigenvalue weighted by Gasteiger charge is 2.24. The Hall–Kier alpha value is -1.22. The van der Waals surface area contributed by atoms with Crippen molar-refractivity contribution in [2.24, 2.45) is 5.73 Å². The van der Waals surface area contributed by atoms with Crippen molar-refractivity contribution in [3.05, 3.63) is 23.8 Å². The molecule has 13 heavy (non-hydrogen) atoms. The topological polar surface area (TPSA) is 61.3 Å². The molecule has 70 valence electrons. The maximum atomic E-state index is 5.67. The van der Waals surface area contributed by atoms with Crippen molar-refractivity contribution < 1.29 is 4.74 Å². The summed E-state index contributed by atoms with van der Waals surface area (Å²) < 4.78 is 5.67. The van der Waals surface area contributed by atoms with E-state index in [1.165, 1.54) is 0 Å². The second kappa shape index (κ2) is 3.26. The van der Waals surface area contributed by atoms with Crippen LogP contribution in [0, 0.1) is 0 Å². The van der Waals surface area contributed by atoms with E-state index < -0.39 is 0 Å². The van der Waals surface area contributed by atoms with E-state index in [-0.39, 0.29) is 0 Å². The van der Waals surface area contributed by atoms with Gasteiger partial charge in [0.25, 0.3) is 0 Å². The predicted octanol–water partition coefficient (Wildman–Crippen LogP) is 1.27. The van der Waals surface area contributed by atoms with E-state index >= 15 is 0 Å². The molecule has 0 radical (unpaired) electrons. The van der Waals surface area contributed by atoms with Gasteiger partial charge in [-0.3, -0.25) is 0 Å². The SMILES string of the molecule is NCc1cc(N)ccc1OC1CC1. The zero-order valence-corrected chi connectivity index (χ0v) is 7.49. The van der Waals surface area contributed by atoms with E-state index in [9.17, 15) is 0 Å². The average molecular weight is 178 g/mol. The first-order valence-electron chi connectivity index (χ1n) is 4.54. The van der Waals surface area contributed by atoms with Crippen LogP contribution in [0.15, 0.2) is 18.2 Å². The lowest BCUT2D eigenvalue weighted by molar-refractivity contribution is 0.300. The number of hydrogen-bond acceptors (Lipinski definition) is 3. The van der Waals surface area contributed by atoms with Crippen molar-refractivity contribution in [1.82, 2.24) is 0 Å². The Morgan fingerprint density at radius 3 is 2.77 bits per heavy atom. The van der Waals surface area contributed by atoms with Crippen molar-refractivity contribution in [3.8, 4) is 5.75 Å². The Morgan fingerprint density at radius 1 is 1.38 bits per heavy atom. The van der Waals surface area contributed by atoms with Crippen LogP contribution in [0.5, 0.6) is 5.75 Å². The van der Waals surface area contributed by atoms with Gasteiger partial charge in [-0.15, -0.1) is 0 Å². The van der Waals surface area contributed by atoms with Gasteiger partial charge in [0.2, 0.25) is 0 Å². The van der Waals surface area contributed by atoms with Crippen LogP contribution in [0.25, 0.3) is 0 Å². The molecule has 0 bridgehead atoms. The molecule has 2 rings (SSSR count). The van der Waals surface area contributed by atoms with Crippen LogP contribution in [0.3, 0.4) is 0 Å². The van der Waals surface area contributed by atoms with Gasteiger partial charge in [0, 0.05) is 17.8 Å². The molecule has 1 aliphatic rings. The molecular weight excluding hydrogens is 164 g/mol. The monoisotopic (exact) mass is 178 g/mol. The Labute approximate surface area is 77.7 Å². The third-order valence-corrected chi connectivity index (χ3v) is 2.12. The maximum Gasteiger partial charge on any atom is 0.124 e. The largest absolute Gasteiger partial charge is 0.490 e. The van der Waals surface area contributed by atoms with Crippen LogP contribution in [0.1, 0.15) is 18.4 Å². The van der Waals surface area contributed by atoms with Gasteiger partial charge >= 0.3 is 0 Å². The summed E-state index contributed by atoms with van der Waals surface area (Å²) in [5, 5.41) is 0. The zero-order valence-electron chi connectivity index (χ0n) is 7.49. The van der Waals surface area contributed by atoms with E-state index in [0.717, 1.165) is 29.8 Å². The summed E-state index contributed by atoms with van der Waals surface area (Å²) >= 11 is 0. The smallest absolute Gasteiger partial charge is 0.124 e. The summed E-state index contributed by atoms with van der Waals surface area (Å²) in [6, 6.07) is 5.62. The third kappa shape index (κ3) is 1.92. The van der Waals surface area contributed by atoms with Gasteiger partial charge in [-0.25, -0.2) is 0 Å². The molecule has 3 nitrogen and oxygen atoms in total. The minimum Gasteiger partial charge on any atom is -0.490 e. The molecule has 0 unspecified atom stereocenters. The Kier molecular flexibility index (Phi) is 2.10. The fourth-order valence-electron chi connectivity index (χ4n) is 1.24. The normalized spacial score (nSPS) is 15.8. The maximum absolute atomic E-state index is 5.67. The van der Waals surface area contributed by atoms with Gasteiger partial charge in [-0.2, -0.15) is 0 Å². The van der Waals surface area contributed by atoms with Gasteiger partial charge in [-0.05, 0) is 31.0 Å². The molecule has 1 aromatic carbocycles.